The molecule has 2 amide bonds. The van der Waals surface area contributed by atoms with Gasteiger partial charge in [-0.1, -0.05) is 0 Å². The molecule has 2 saturated heterocycles. The lowest BCUT2D eigenvalue weighted by atomic mass is 9.78. The Labute approximate surface area is 120 Å². The van der Waals surface area contributed by atoms with Gasteiger partial charge in [-0.15, -0.1) is 0 Å². The summed E-state index contributed by atoms with van der Waals surface area (Å²) in [5.41, 5.74) is 5.36. The van der Waals surface area contributed by atoms with Crippen molar-refractivity contribution in [3.05, 3.63) is 0 Å². The molecule has 0 aliphatic carbocycles. The molecule has 2 rings (SSSR count). The van der Waals surface area contributed by atoms with Crippen molar-refractivity contribution < 1.29 is 14.3 Å². The quantitative estimate of drug-likeness (QED) is 0.779. The fourth-order valence-electron chi connectivity index (χ4n) is 3.14. The summed E-state index contributed by atoms with van der Waals surface area (Å²) in [6, 6.07) is -0.316. The fourth-order valence-corrected chi connectivity index (χ4v) is 3.14. The van der Waals surface area contributed by atoms with Crippen molar-refractivity contribution in [2.75, 3.05) is 40.4 Å². The number of nitrogens with two attached hydrogens (primary N) is 1. The minimum Gasteiger partial charge on any atom is -0.381 e. The largest absolute Gasteiger partial charge is 0.381 e. The predicted octanol–water partition coefficient (Wildman–Crippen LogP) is -0.179. The van der Waals surface area contributed by atoms with Crippen LogP contribution >= 0.6 is 0 Å². The van der Waals surface area contributed by atoms with Crippen LogP contribution in [0.5, 0.6) is 0 Å². The number of likely N-dealkylation sites (N-methyl/N-ethyl adjacent to an activating group) is 1. The maximum atomic E-state index is 12.9. The zero-order valence-electron chi connectivity index (χ0n) is 12.4. The first-order valence-corrected chi connectivity index (χ1v) is 7.32. The maximum absolute atomic E-state index is 12.9. The molecule has 2 N–H and O–H groups in total. The lowest BCUT2D eigenvalue weighted by Gasteiger charge is -2.39. The Kier molecular flexibility index (Phi) is 4.65. The number of rotatable bonds is 3. The third-order valence-corrected chi connectivity index (χ3v) is 4.53. The Morgan fingerprint density at radius 1 is 1.35 bits per heavy atom. The molecule has 1 atom stereocenters. The van der Waals surface area contributed by atoms with E-state index in [9.17, 15) is 9.59 Å². The molecular formula is C14H25N3O3. The Morgan fingerprint density at radius 2 is 2.00 bits per heavy atom. The number of ether oxygens (including phenoxy) is 1. The Hall–Kier alpha value is -1.14. The second-order valence-electron chi connectivity index (χ2n) is 5.99. The van der Waals surface area contributed by atoms with E-state index in [2.05, 4.69) is 0 Å². The van der Waals surface area contributed by atoms with E-state index in [-0.39, 0.29) is 17.9 Å². The molecule has 0 aromatic heterocycles. The van der Waals surface area contributed by atoms with Gasteiger partial charge in [0.2, 0.25) is 11.8 Å². The van der Waals surface area contributed by atoms with Crippen LogP contribution < -0.4 is 5.73 Å². The summed E-state index contributed by atoms with van der Waals surface area (Å²) >= 11 is 0. The molecule has 2 heterocycles. The summed E-state index contributed by atoms with van der Waals surface area (Å²) in [6.07, 6.45) is 2.94. The van der Waals surface area contributed by atoms with E-state index < -0.39 is 5.41 Å². The lowest BCUT2D eigenvalue weighted by molar-refractivity contribution is -0.152. The van der Waals surface area contributed by atoms with Crippen LogP contribution in [0.25, 0.3) is 0 Å². The maximum Gasteiger partial charge on any atom is 0.244 e. The van der Waals surface area contributed by atoms with E-state index in [4.69, 9.17) is 10.5 Å². The fraction of sp³-hybridized carbons (Fsp3) is 0.857. The molecule has 0 saturated carbocycles. The molecule has 6 nitrogen and oxygen atoms in total. The third kappa shape index (κ3) is 2.67. The first-order valence-electron chi connectivity index (χ1n) is 7.32. The standard InChI is InChI=1S/C14H25N3O3/c1-16(2)12(18)11-4-3-7-17(11)13(19)14(10-15)5-8-20-9-6-14/h11H,3-10,15H2,1-2H3. The van der Waals surface area contributed by atoms with Gasteiger partial charge in [-0.25, -0.2) is 0 Å². The van der Waals surface area contributed by atoms with E-state index in [0.717, 1.165) is 12.8 Å². The molecule has 0 bridgehead atoms. The first kappa shape index (κ1) is 15.3. The van der Waals surface area contributed by atoms with E-state index >= 15 is 0 Å². The number of hydrogen-bond acceptors (Lipinski definition) is 4. The summed E-state index contributed by atoms with van der Waals surface area (Å²) in [7, 11) is 3.47. The second-order valence-corrected chi connectivity index (χ2v) is 5.99. The average Bonchev–Trinajstić information content (AvgIpc) is 2.95. The van der Waals surface area contributed by atoms with Gasteiger partial charge >= 0.3 is 0 Å². The molecule has 114 valence electrons. The van der Waals surface area contributed by atoms with Gasteiger partial charge in [0, 0.05) is 40.4 Å². The van der Waals surface area contributed by atoms with Crippen molar-refractivity contribution in [1.82, 2.24) is 9.80 Å². The topological polar surface area (TPSA) is 75.9 Å². The highest BCUT2D eigenvalue weighted by molar-refractivity contribution is 5.90. The molecular weight excluding hydrogens is 258 g/mol. The van der Waals surface area contributed by atoms with E-state index in [1.165, 1.54) is 0 Å². The van der Waals surface area contributed by atoms with E-state index in [1.807, 2.05) is 0 Å². The van der Waals surface area contributed by atoms with Crippen molar-refractivity contribution in [2.45, 2.75) is 31.7 Å². The number of amides is 2. The molecule has 20 heavy (non-hydrogen) atoms. The Balaban J connectivity index is 2.16. The molecule has 2 fully saturated rings. The van der Waals surface area contributed by atoms with Crippen LogP contribution in [0, 0.1) is 5.41 Å². The van der Waals surface area contributed by atoms with Crippen LogP contribution in [0.3, 0.4) is 0 Å². The number of hydrogen-bond donors (Lipinski definition) is 1. The van der Waals surface area contributed by atoms with Gasteiger partial charge in [-0.3, -0.25) is 9.59 Å². The minimum absolute atomic E-state index is 0.00933. The summed E-state index contributed by atoms with van der Waals surface area (Å²) < 4.78 is 5.35. The van der Waals surface area contributed by atoms with Gasteiger partial charge < -0.3 is 20.3 Å². The van der Waals surface area contributed by atoms with E-state index in [0.29, 0.717) is 39.1 Å². The monoisotopic (exact) mass is 283 g/mol. The number of carbonyl (C=O) groups excluding carboxylic acids is 2. The number of nitrogens with zero attached hydrogens (tertiary/aromatic N) is 2. The zero-order valence-corrected chi connectivity index (χ0v) is 12.4. The molecule has 0 radical (unpaired) electrons. The highest BCUT2D eigenvalue weighted by Crippen LogP contribution is 2.34. The van der Waals surface area contributed by atoms with Crippen molar-refractivity contribution in [3.63, 3.8) is 0 Å². The molecule has 2 aliphatic heterocycles. The SMILES string of the molecule is CN(C)C(=O)C1CCCN1C(=O)C1(CN)CCOCC1. The Morgan fingerprint density at radius 3 is 2.55 bits per heavy atom. The van der Waals surface area contributed by atoms with E-state index in [1.54, 1.807) is 23.9 Å². The van der Waals surface area contributed by atoms with Crippen molar-refractivity contribution >= 4 is 11.8 Å². The summed E-state index contributed by atoms with van der Waals surface area (Å²) in [6.45, 7) is 2.13. The van der Waals surface area contributed by atoms with Crippen molar-refractivity contribution in [1.29, 1.82) is 0 Å². The predicted molar refractivity (Wildman–Crippen MR) is 75.0 cm³/mol. The summed E-state index contributed by atoms with van der Waals surface area (Å²) in [5, 5.41) is 0. The van der Waals surface area contributed by atoms with Gasteiger partial charge in [0.1, 0.15) is 6.04 Å². The normalized spacial score (nSPS) is 25.6. The zero-order chi connectivity index (χ0) is 14.8. The second kappa shape index (κ2) is 6.10. The van der Waals surface area contributed by atoms with Crippen LogP contribution in [-0.2, 0) is 14.3 Å². The third-order valence-electron chi connectivity index (χ3n) is 4.53. The lowest BCUT2D eigenvalue weighted by Crippen LogP contribution is -2.54. The molecule has 0 spiro atoms. The van der Waals surface area contributed by atoms with Crippen molar-refractivity contribution in [3.8, 4) is 0 Å². The summed E-state index contributed by atoms with van der Waals surface area (Å²) in [4.78, 5) is 28.4. The molecule has 2 aliphatic rings. The van der Waals surface area contributed by atoms with Gasteiger partial charge in [-0.2, -0.15) is 0 Å². The Bertz CT molecular complexity index is 378. The van der Waals surface area contributed by atoms with Crippen molar-refractivity contribution in [2.24, 2.45) is 11.1 Å². The average molecular weight is 283 g/mol. The van der Waals surface area contributed by atoms with Gasteiger partial charge in [-0.05, 0) is 25.7 Å². The first-order chi connectivity index (χ1) is 9.52. The smallest absolute Gasteiger partial charge is 0.244 e. The van der Waals surface area contributed by atoms with Crippen LogP contribution in [0.15, 0.2) is 0 Å². The van der Waals surface area contributed by atoms with Gasteiger partial charge in [0.15, 0.2) is 0 Å². The summed E-state index contributed by atoms with van der Waals surface area (Å²) in [5.74, 6) is 0.0519. The van der Waals surface area contributed by atoms with Crippen LogP contribution in [-0.4, -0.2) is 68.1 Å². The molecule has 6 heteroatoms. The molecule has 1 unspecified atom stereocenters. The minimum atomic E-state index is -0.534. The van der Waals surface area contributed by atoms with Crippen LogP contribution in [0.4, 0.5) is 0 Å². The highest BCUT2D eigenvalue weighted by Gasteiger charge is 2.46. The van der Waals surface area contributed by atoms with Crippen LogP contribution in [0.2, 0.25) is 0 Å². The van der Waals surface area contributed by atoms with Crippen LogP contribution in [0.1, 0.15) is 25.7 Å². The number of carbonyl (C=O) groups is 2. The van der Waals surface area contributed by atoms with Gasteiger partial charge in [0.25, 0.3) is 0 Å². The molecule has 0 aromatic rings. The molecule has 0 aromatic carbocycles. The highest BCUT2D eigenvalue weighted by atomic mass is 16.5. The van der Waals surface area contributed by atoms with Gasteiger partial charge in [0.05, 0.1) is 5.41 Å². The number of likely N-dealkylation sites (tertiary alicyclic amines) is 1.